The van der Waals surface area contributed by atoms with Gasteiger partial charge in [-0.25, -0.2) is 15.0 Å². The molecule has 0 unspecified atom stereocenters. The SMILES string of the molecule is O=C(c1cccn(-c2ccnc(N[C@H]3CC[C@H](Nc4ncc(OC(F)F)cn4)C3)c2)c1=O)N1CCOCC1. The Hall–Kier alpha value is -4.13. The molecule has 1 saturated carbocycles. The molecule has 13 heteroatoms. The maximum absolute atomic E-state index is 13.2. The summed E-state index contributed by atoms with van der Waals surface area (Å²) < 4.78 is 35.6. The molecule has 0 spiro atoms. The highest BCUT2D eigenvalue weighted by atomic mass is 19.3. The number of rotatable bonds is 8. The predicted molar refractivity (Wildman–Crippen MR) is 134 cm³/mol. The lowest BCUT2D eigenvalue weighted by Crippen LogP contribution is -2.43. The zero-order valence-electron chi connectivity index (χ0n) is 20.4. The third kappa shape index (κ3) is 6.05. The lowest BCUT2D eigenvalue weighted by Gasteiger charge is -2.26. The van der Waals surface area contributed by atoms with Gasteiger partial charge in [-0.3, -0.25) is 14.2 Å². The average molecular weight is 528 g/mol. The number of halogens is 2. The molecule has 4 heterocycles. The minimum Gasteiger partial charge on any atom is -0.432 e. The van der Waals surface area contributed by atoms with Crippen molar-refractivity contribution in [3.05, 3.63) is 65.0 Å². The number of alkyl halides is 2. The lowest BCUT2D eigenvalue weighted by atomic mass is 10.2. The van der Waals surface area contributed by atoms with Crippen LogP contribution in [0.2, 0.25) is 0 Å². The molecule has 2 N–H and O–H groups in total. The molecule has 11 nitrogen and oxygen atoms in total. The summed E-state index contributed by atoms with van der Waals surface area (Å²) in [5.41, 5.74) is 0.314. The number of hydrogen-bond donors (Lipinski definition) is 2. The first-order valence-corrected chi connectivity index (χ1v) is 12.3. The third-order valence-corrected chi connectivity index (χ3v) is 6.47. The number of hydrogen-bond acceptors (Lipinski definition) is 9. The van der Waals surface area contributed by atoms with E-state index in [1.165, 1.54) is 17.0 Å². The van der Waals surface area contributed by atoms with E-state index in [1.54, 1.807) is 41.6 Å². The molecule has 5 rings (SSSR count). The van der Waals surface area contributed by atoms with Gasteiger partial charge in [-0.1, -0.05) is 0 Å². The Morgan fingerprint density at radius 1 is 1.08 bits per heavy atom. The fourth-order valence-corrected chi connectivity index (χ4v) is 4.63. The quantitative estimate of drug-likeness (QED) is 0.455. The van der Waals surface area contributed by atoms with E-state index in [1.807, 2.05) is 0 Å². The smallest absolute Gasteiger partial charge is 0.387 e. The Labute approximate surface area is 216 Å². The number of anilines is 2. The number of carbonyl (C=O) groups is 1. The highest BCUT2D eigenvalue weighted by molar-refractivity contribution is 5.94. The minimum atomic E-state index is -2.92. The van der Waals surface area contributed by atoms with Gasteiger partial charge in [-0.15, -0.1) is 0 Å². The predicted octanol–water partition coefficient (Wildman–Crippen LogP) is 2.54. The molecule has 0 bridgehead atoms. The molecule has 1 saturated heterocycles. The summed E-state index contributed by atoms with van der Waals surface area (Å²) in [6.45, 7) is -1.10. The normalized spacial score (nSPS) is 19.4. The average Bonchev–Trinajstić information content (AvgIpc) is 3.36. The highest BCUT2D eigenvalue weighted by Gasteiger charge is 2.26. The van der Waals surface area contributed by atoms with Crippen LogP contribution in [0.15, 0.2) is 53.8 Å². The maximum atomic E-state index is 13.2. The molecule has 2 fully saturated rings. The van der Waals surface area contributed by atoms with Gasteiger partial charge in [0.1, 0.15) is 11.4 Å². The third-order valence-electron chi connectivity index (χ3n) is 6.47. The zero-order valence-corrected chi connectivity index (χ0v) is 20.4. The zero-order chi connectivity index (χ0) is 26.5. The molecule has 0 radical (unpaired) electrons. The molecule has 1 aliphatic heterocycles. The Bertz CT molecular complexity index is 1320. The van der Waals surface area contributed by atoms with E-state index in [9.17, 15) is 18.4 Å². The molecule has 200 valence electrons. The molecule has 1 aliphatic carbocycles. The van der Waals surface area contributed by atoms with Crippen molar-refractivity contribution in [2.75, 3.05) is 36.9 Å². The topological polar surface area (TPSA) is 124 Å². The van der Waals surface area contributed by atoms with E-state index in [0.717, 1.165) is 19.3 Å². The summed E-state index contributed by atoms with van der Waals surface area (Å²) in [4.78, 5) is 40.2. The van der Waals surface area contributed by atoms with Gasteiger partial charge in [-0.2, -0.15) is 8.78 Å². The van der Waals surface area contributed by atoms with E-state index in [4.69, 9.17) is 4.74 Å². The summed E-state index contributed by atoms with van der Waals surface area (Å²) in [5, 5.41) is 6.62. The number of pyridine rings is 2. The van der Waals surface area contributed by atoms with E-state index in [0.29, 0.717) is 43.8 Å². The monoisotopic (exact) mass is 527 g/mol. The molecular formula is C25H27F2N7O4. The number of nitrogens with one attached hydrogen (secondary N) is 2. The van der Waals surface area contributed by atoms with Crippen molar-refractivity contribution in [3.8, 4) is 11.4 Å². The maximum Gasteiger partial charge on any atom is 0.387 e. The van der Waals surface area contributed by atoms with E-state index in [-0.39, 0.29) is 29.3 Å². The van der Waals surface area contributed by atoms with Gasteiger partial charge in [0, 0.05) is 43.6 Å². The van der Waals surface area contributed by atoms with Crippen molar-refractivity contribution in [2.24, 2.45) is 0 Å². The number of amides is 1. The Balaban J connectivity index is 1.22. The van der Waals surface area contributed by atoms with Crippen molar-refractivity contribution in [2.45, 2.75) is 38.0 Å². The van der Waals surface area contributed by atoms with Crippen LogP contribution in [-0.2, 0) is 4.74 Å². The van der Waals surface area contributed by atoms with Crippen LogP contribution in [0.25, 0.3) is 5.69 Å². The van der Waals surface area contributed by atoms with Gasteiger partial charge in [-0.05, 0) is 37.5 Å². The fourth-order valence-electron chi connectivity index (χ4n) is 4.63. The van der Waals surface area contributed by atoms with Crippen molar-refractivity contribution in [3.63, 3.8) is 0 Å². The lowest BCUT2D eigenvalue weighted by molar-refractivity contribution is -0.0503. The largest absolute Gasteiger partial charge is 0.432 e. The van der Waals surface area contributed by atoms with Gasteiger partial charge in [0.25, 0.3) is 11.5 Å². The van der Waals surface area contributed by atoms with Crippen LogP contribution in [0.3, 0.4) is 0 Å². The van der Waals surface area contributed by atoms with Crippen LogP contribution in [-0.4, -0.2) is 75.3 Å². The van der Waals surface area contributed by atoms with Crippen LogP contribution < -0.4 is 20.9 Å². The van der Waals surface area contributed by atoms with E-state index < -0.39 is 12.2 Å². The molecule has 3 aromatic rings. The first-order chi connectivity index (χ1) is 18.5. The first kappa shape index (κ1) is 25.5. The fraction of sp³-hybridized carbons (Fsp3) is 0.400. The standard InChI is InChI=1S/C25H27F2N7O4/c26-24(27)38-19-14-29-25(30-15-19)32-17-4-3-16(12-17)31-21-13-18(5-6-28-21)34-7-1-2-20(23(34)36)22(35)33-8-10-37-11-9-33/h1-2,5-7,13-17,24H,3-4,8-12H2,(H,28,31)(H,29,30,32)/t16-,17-/m0/s1. The van der Waals surface area contributed by atoms with Gasteiger partial charge in [0.2, 0.25) is 5.95 Å². The van der Waals surface area contributed by atoms with Gasteiger partial charge < -0.3 is 25.0 Å². The van der Waals surface area contributed by atoms with Crippen LogP contribution in [0.1, 0.15) is 29.6 Å². The summed E-state index contributed by atoms with van der Waals surface area (Å²) in [6.07, 6.45) is 8.11. The van der Waals surface area contributed by atoms with Gasteiger partial charge in [0.05, 0.1) is 31.3 Å². The van der Waals surface area contributed by atoms with Crippen molar-refractivity contribution in [1.29, 1.82) is 0 Å². The van der Waals surface area contributed by atoms with Crippen LogP contribution in [0.5, 0.6) is 5.75 Å². The summed E-state index contributed by atoms with van der Waals surface area (Å²) in [5.74, 6) is 0.542. The van der Waals surface area contributed by atoms with Gasteiger partial charge >= 0.3 is 6.61 Å². The Kier molecular flexibility index (Phi) is 7.73. The summed E-state index contributed by atoms with van der Waals surface area (Å²) >= 11 is 0. The summed E-state index contributed by atoms with van der Waals surface area (Å²) in [6, 6.07) is 6.92. The number of morpholine rings is 1. The van der Waals surface area contributed by atoms with Crippen molar-refractivity contribution < 1.29 is 23.0 Å². The number of carbonyl (C=O) groups excluding carboxylic acids is 1. The number of aromatic nitrogens is 4. The van der Waals surface area contributed by atoms with E-state index >= 15 is 0 Å². The van der Waals surface area contributed by atoms with Crippen molar-refractivity contribution in [1.82, 2.24) is 24.4 Å². The summed E-state index contributed by atoms with van der Waals surface area (Å²) in [7, 11) is 0. The van der Waals surface area contributed by atoms with E-state index in [2.05, 4.69) is 30.3 Å². The Morgan fingerprint density at radius 2 is 1.82 bits per heavy atom. The van der Waals surface area contributed by atoms with Crippen LogP contribution in [0, 0.1) is 0 Å². The first-order valence-electron chi connectivity index (χ1n) is 12.3. The minimum absolute atomic E-state index is 0.0862. The van der Waals surface area contributed by atoms with Crippen LogP contribution in [0.4, 0.5) is 20.5 Å². The number of ether oxygens (including phenoxy) is 2. The molecule has 0 aromatic carbocycles. The second-order valence-electron chi connectivity index (χ2n) is 9.02. The second kappa shape index (κ2) is 11.5. The molecule has 2 atom stereocenters. The molecular weight excluding hydrogens is 500 g/mol. The second-order valence-corrected chi connectivity index (χ2v) is 9.02. The molecule has 38 heavy (non-hydrogen) atoms. The van der Waals surface area contributed by atoms with Gasteiger partial charge in [0.15, 0.2) is 5.75 Å². The highest BCUT2D eigenvalue weighted by Crippen LogP contribution is 2.25. The number of nitrogens with zero attached hydrogens (tertiary/aromatic N) is 5. The molecule has 3 aromatic heterocycles. The molecule has 2 aliphatic rings. The van der Waals surface area contributed by atoms with Crippen molar-refractivity contribution >= 4 is 17.7 Å². The van der Waals surface area contributed by atoms with Crippen LogP contribution >= 0.6 is 0 Å². The molecule has 1 amide bonds. The Morgan fingerprint density at radius 3 is 2.55 bits per heavy atom.